The molecule has 2 amide bonds. The molecule has 0 unspecified atom stereocenters. The molecule has 24 heavy (non-hydrogen) atoms. The Hall–Kier alpha value is -1.87. The van der Waals surface area contributed by atoms with E-state index in [2.05, 4.69) is 0 Å². The fourth-order valence-corrected chi connectivity index (χ4v) is 4.04. The summed E-state index contributed by atoms with van der Waals surface area (Å²) >= 11 is 1.35. The largest absolute Gasteiger partial charge is 0.434 e. The number of carbonyl (C=O) groups is 2. The van der Waals surface area contributed by atoms with Crippen LogP contribution in [0.4, 0.5) is 19.3 Å². The Morgan fingerprint density at radius 2 is 2.04 bits per heavy atom. The lowest BCUT2D eigenvalue weighted by molar-refractivity contribution is -0.124. The summed E-state index contributed by atoms with van der Waals surface area (Å²) in [4.78, 5) is 23.8. The van der Waals surface area contributed by atoms with E-state index in [1.165, 1.54) is 11.8 Å². The smallest absolute Gasteiger partial charge is 0.415 e. The summed E-state index contributed by atoms with van der Waals surface area (Å²) in [6.07, 6.45) is -1.19. The SMILES string of the molecule is NC(=O)[C@H]1CN(c2cc(F)c([C@@H]3CCS[C@@H](O)C3)c(F)c2)C(=O)O1. The highest BCUT2D eigenvalue weighted by Gasteiger charge is 2.37. The number of nitrogens with two attached hydrogens (primary N) is 1. The molecule has 2 heterocycles. The predicted molar refractivity (Wildman–Crippen MR) is 83.6 cm³/mol. The Morgan fingerprint density at radius 1 is 1.38 bits per heavy atom. The third-order valence-electron chi connectivity index (χ3n) is 4.18. The van der Waals surface area contributed by atoms with Gasteiger partial charge in [0.1, 0.15) is 11.6 Å². The number of hydrogen-bond donors (Lipinski definition) is 2. The molecule has 2 saturated heterocycles. The molecule has 1 aromatic carbocycles. The van der Waals surface area contributed by atoms with Crippen LogP contribution in [0.15, 0.2) is 12.1 Å². The summed E-state index contributed by atoms with van der Waals surface area (Å²) in [7, 11) is 0. The number of carbonyl (C=O) groups excluding carboxylic acids is 2. The third-order valence-corrected chi connectivity index (χ3v) is 5.22. The lowest BCUT2D eigenvalue weighted by Crippen LogP contribution is -2.32. The number of ether oxygens (including phenoxy) is 1. The summed E-state index contributed by atoms with van der Waals surface area (Å²) in [5.41, 5.74) is 4.31. The van der Waals surface area contributed by atoms with E-state index in [4.69, 9.17) is 10.5 Å². The van der Waals surface area contributed by atoms with Crippen molar-refractivity contribution in [3.8, 4) is 0 Å². The Labute approximate surface area is 140 Å². The second kappa shape index (κ2) is 6.56. The van der Waals surface area contributed by atoms with Crippen molar-refractivity contribution < 1.29 is 28.2 Å². The Morgan fingerprint density at radius 3 is 2.58 bits per heavy atom. The van der Waals surface area contributed by atoms with E-state index >= 15 is 0 Å². The summed E-state index contributed by atoms with van der Waals surface area (Å²) in [6, 6.07) is 2.08. The number of halogens is 2. The molecule has 0 aromatic heterocycles. The number of amides is 2. The normalized spacial score (nSPS) is 27.2. The first-order valence-corrected chi connectivity index (χ1v) is 8.47. The molecular formula is C15H16F2N2O4S. The van der Waals surface area contributed by atoms with Crippen molar-refractivity contribution >= 4 is 29.4 Å². The number of aliphatic hydroxyl groups excluding tert-OH is 1. The topological polar surface area (TPSA) is 92.9 Å². The molecule has 3 N–H and O–H groups in total. The van der Waals surface area contributed by atoms with Crippen LogP contribution in [0.2, 0.25) is 0 Å². The minimum absolute atomic E-state index is 0.0340. The highest BCUT2D eigenvalue weighted by Crippen LogP contribution is 2.39. The number of benzene rings is 1. The average Bonchev–Trinajstić information content (AvgIpc) is 2.89. The van der Waals surface area contributed by atoms with Crippen molar-refractivity contribution in [2.75, 3.05) is 17.2 Å². The number of rotatable bonds is 3. The van der Waals surface area contributed by atoms with Gasteiger partial charge in [0.15, 0.2) is 6.10 Å². The molecule has 6 nitrogen and oxygen atoms in total. The van der Waals surface area contributed by atoms with Crippen molar-refractivity contribution in [3.05, 3.63) is 29.3 Å². The Kier molecular flexibility index (Phi) is 4.64. The zero-order valence-electron chi connectivity index (χ0n) is 12.6. The van der Waals surface area contributed by atoms with E-state index in [0.29, 0.717) is 12.2 Å². The standard InChI is InChI=1S/C15H16F2N2O4S/c16-9-4-8(19-6-11(14(18)21)23-15(19)22)5-10(17)13(9)7-1-2-24-12(20)3-7/h4-5,7,11-12,20H,1-3,6H2,(H2,18,21)/t7-,11-,12-/m1/s1. The summed E-state index contributed by atoms with van der Waals surface area (Å²) in [5.74, 6) is -2.20. The molecule has 9 heteroatoms. The van der Waals surface area contributed by atoms with Gasteiger partial charge in [-0.05, 0) is 36.6 Å². The van der Waals surface area contributed by atoms with Crippen LogP contribution in [0, 0.1) is 11.6 Å². The van der Waals surface area contributed by atoms with Gasteiger partial charge in [-0.15, -0.1) is 11.8 Å². The molecule has 0 spiro atoms. The molecule has 0 saturated carbocycles. The maximum Gasteiger partial charge on any atom is 0.415 e. The Balaban J connectivity index is 1.87. The number of primary amides is 1. The van der Waals surface area contributed by atoms with E-state index in [0.717, 1.165) is 17.0 Å². The van der Waals surface area contributed by atoms with Crippen molar-refractivity contribution in [1.82, 2.24) is 0 Å². The maximum absolute atomic E-state index is 14.5. The van der Waals surface area contributed by atoms with Gasteiger partial charge in [-0.1, -0.05) is 0 Å². The van der Waals surface area contributed by atoms with Crippen molar-refractivity contribution in [1.29, 1.82) is 0 Å². The molecule has 130 valence electrons. The molecule has 2 fully saturated rings. The average molecular weight is 358 g/mol. The van der Waals surface area contributed by atoms with Gasteiger partial charge in [-0.2, -0.15) is 0 Å². The number of nitrogens with zero attached hydrogens (tertiary/aromatic N) is 1. The lowest BCUT2D eigenvalue weighted by Gasteiger charge is -2.27. The number of thioether (sulfide) groups is 1. The molecule has 0 aliphatic carbocycles. The van der Waals surface area contributed by atoms with Gasteiger partial charge in [-0.25, -0.2) is 13.6 Å². The lowest BCUT2D eigenvalue weighted by atomic mass is 9.91. The third kappa shape index (κ3) is 3.18. The Bertz CT molecular complexity index is 664. The van der Waals surface area contributed by atoms with Crippen LogP contribution in [0.25, 0.3) is 0 Å². The van der Waals surface area contributed by atoms with E-state index in [1.807, 2.05) is 0 Å². The van der Waals surface area contributed by atoms with Crippen molar-refractivity contribution in [3.63, 3.8) is 0 Å². The highest BCUT2D eigenvalue weighted by molar-refractivity contribution is 7.99. The molecule has 2 aliphatic heterocycles. The van der Waals surface area contributed by atoms with Crippen LogP contribution >= 0.6 is 11.8 Å². The molecule has 3 rings (SSSR count). The van der Waals surface area contributed by atoms with Crippen LogP contribution in [0.1, 0.15) is 24.3 Å². The second-order valence-corrected chi connectivity index (χ2v) is 7.04. The fourth-order valence-electron chi connectivity index (χ4n) is 2.98. The van der Waals surface area contributed by atoms with E-state index in [9.17, 15) is 23.5 Å². The maximum atomic E-state index is 14.5. The number of hydrogen-bond acceptors (Lipinski definition) is 5. The van der Waals surface area contributed by atoms with Gasteiger partial charge in [0, 0.05) is 5.56 Å². The minimum atomic E-state index is -1.14. The zero-order chi connectivity index (χ0) is 17.4. The van der Waals surface area contributed by atoms with Gasteiger partial charge in [0.2, 0.25) is 0 Å². The van der Waals surface area contributed by atoms with Gasteiger partial charge >= 0.3 is 6.09 Å². The number of anilines is 1. The first-order chi connectivity index (χ1) is 11.4. The van der Waals surface area contributed by atoms with Gasteiger partial charge in [-0.3, -0.25) is 9.69 Å². The van der Waals surface area contributed by atoms with E-state index < -0.39 is 41.1 Å². The van der Waals surface area contributed by atoms with Crippen LogP contribution in [0.5, 0.6) is 0 Å². The van der Waals surface area contributed by atoms with Gasteiger partial charge in [0.05, 0.1) is 17.7 Å². The quantitative estimate of drug-likeness (QED) is 0.858. The van der Waals surface area contributed by atoms with Crippen molar-refractivity contribution in [2.24, 2.45) is 5.73 Å². The van der Waals surface area contributed by atoms with Crippen LogP contribution < -0.4 is 10.6 Å². The first kappa shape index (κ1) is 17.0. The predicted octanol–water partition coefficient (Wildman–Crippen LogP) is 1.70. The second-order valence-electron chi connectivity index (χ2n) is 5.76. The van der Waals surface area contributed by atoms with Gasteiger partial charge < -0.3 is 15.6 Å². The molecule has 0 bridgehead atoms. The monoisotopic (exact) mass is 358 g/mol. The van der Waals surface area contributed by atoms with Crippen LogP contribution in [-0.4, -0.2) is 40.9 Å². The van der Waals surface area contributed by atoms with Crippen LogP contribution in [0.3, 0.4) is 0 Å². The first-order valence-electron chi connectivity index (χ1n) is 7.43. The molecule has 2 aliphatic rings. The fraction of sp³-hybridized carbons (Fsp3) is 0.467. The van der Waals surface area contributed by atoms with Crippen molar-refractivity contribution in [2.45, 2.75) is 30.3 Å². The highest BCUT2D eigenvalue weighted by atomic mass is 32.2. The summed E-state index contributed by atoms with van der Waals surface area (Å²) in [6.45, 7) is -0.189. The minimum Gasteiger partial charge on any atom is -0.434 e. The van der Waals surface area contributed by atoms with E-state index in [-0.39, 0.29) is 24.2 Å². The number of aliphatic hydroxyl groups is 1. The summed E-state index contributed by atoms with van der Waals surface area (Å²) in [5, 5.41) is 9.67. The summed E-state index contributed by atoms with van der Waals surface area (Å²) < 4.78 is 33.7. The molecular weight excluding hydrogens is 342 g/mol. The molecule has 0 radical (unpaired) electrons. The van der Waals surface area contributed by atoms with Gasteiger partial charge in [0.25, 0.3) is 5.91 Å². The molecule has 3 atom stereocenters. The number of cyclic esters (lactones) is 1. The molecule has 1 aromatic rings. The van der Waals surface area contributed by atoms with Crippen LogP contribution in [-0.2, 0) is 9.53 Å². The zero-order valence-corrected chi connectivity index (χ0v) is 13.4. The van der Waals surface area contributed by atoms with E-state index in [1.54, 1.807) is 0 Å².